The molecular weight excluding hydrogens is 210 g/mol. The van der Waals surface area contributed by atoms with Crippen molar-refractivity contribution in [1.29, 1.82) is 0 Å². The van der Waals surface area contributed by atoms with Gasteiger partial charge in [-0.3, -0.25) is 0 Å². The van der Waals surface area contributed by atoms with Gasteiger partial charge < -0.3 is 15.5 Å². The van der Waals surface area contributed by atoms with Crippen molar-refractivity contribution in [2.45, 2.75) is 10.1 Å². The second-order valence-electron chi connectivity index (χ2n) is 2.90. The maximum absolute atomic E-state index is 5.72. The molecular formula is C10H11N3OS. The maximum Gasteiger partial charge on any atom is 0.170 e. The number of imidazole rings is 1. The summed E-state index contributed by atoms with van der Waals surface area (Å²) in [5, 5.41) is 0.849. The van der Waals surface area contributed by atoms with Crippen LogP contribution in [0.4, 0.5) is 5.69 Å². The molecule has 0 saturated heterocycles. The molecule has 0 amide bonds. The van der Waals surface area contributed by atoms with Gasteiger partial charge in [0.25, 0.3) is 0 Å². The zero-order chi connectivity index (χ0) is 10.7. The van der Waals surface area contributed by atoms with Gasteiger partial charge in [-0.05, 0) is 18.2 Å². The van der Waals surface area contributed by atoms with Crippen LogP contribution >= 0.6 is 11.8 Å². The first kappa shape index (κ1) is 9.92. The van der Waals surface area contributed by atoms with Gasteiger partial charge in [-0.15, -0.1) is 0 Å². The van der Waals surface area contributed by atoms with Crippen LogP contribution in [0, 0.1) is 0 Å². The van der Waals surface area contributed by atoms with Crippen molar-refractivity contribution in [3.63, 3.8) is 0 Å². The van der Waals surface area contributed by atoms with Crippen molar-refractivity contribution in [3.8, 4) is 5.75 Å². The predicted molar refractivity (Wildman–Crippen MR) is 60.1 cm³/mol. The third kappa shape index (κ3) is 2.24. The van der Waals surface area contributed by atoms with E-state index in [0.717, 1.165) is 10.1 Å². The third-order valence-corrected chi connectivity index (χ3v) is 2.80. The molecule has 0 aliphatic carbocycles. The van der Waals surface area contributed by atoms with Crippen molar-refractivity contribution < 1.29 is 4.74 Å². The summed E-state index contributed by atoms with van der Waals surface area (Å²) < 4.78 is 5.14. The molecule has 0 atom stereocenters. The Kier molecular flexibility index (Phi) is 2.82. The van der Waals surface area contributed by atoms with Gasteiger partial charge in [0.05, 0.1) is 12.8 Å². The van der Waals surface area contributed by atoms with E-state index in [-0.39, 0.29) is 0 Å². The number of nitrogens with zero attached hydrogens (tertiary/aromatic N) is 1. The predicted octanol–water partition coefficient (Wildman–Crippen LogP) is 2.15. The minimum Gasteiger partial charge on any atom is -0.495 e. The first-order valence-corrected chi connectivity index (χ1v) is 5.22. The van der Waals surface area contributed by atoms with E-state index in [1.807, 2.05) is 18.2 Å². The van der Waals surface area contributed by atoms with Crippen LogP contribution in [0.25, 0.3) is 0 Å². The number of rotatable bonds is 3. The molecule has 0 radical (unpaired) electrons. The van der Waals surface area contributed by atoms with E-state index >= 15 is 0 Å². The standard InChI is InChI=1S/C10H11N3OS/c1-14-9-6-7(2-3-8(9)11)15-10-12-4-5-13-10/h2-6H,11H2,1H3,(H,12,13). The Morgan fingerprint density at radius 3 is 3.00 bits per heavy atom. The molecule has 2 rings (SSSR count). The quantitative estimate of drug-likeness (QED) is 0.779. The molecule has 0 unspecified atom stereocenters. The zero-order valence-corrected chi connectivity index (χ0v) is 9.04. The maximum atomic E-state index is 5.72. The normalized spacial score (nSPS) is 10.2. The van der Waals surface area contributed by atoms with Crippen LogP contribution in [-0.4, -0.2) is 17.1 Å². The molecule has 2 aromatic rings. The second kappa shape index (κ2) is 4.27. The molecule has 0 spiro atoms. The lowest BCUT2D eigenvalue weighted by Gasteiger charge is -2.05. The number of aromatic amines is 1. The first-order valence-electron chi connectivity index (χ1n) is 4.40. The van der Waals surface area contributed by atoms with Crippen molar-refractivity contribution in [2.24, 2.45) is 0 Å². The number of nitrogen functional groups attached to an aromatic ring is 1. The SMILES string of the molecule is COc1cc(Sc2ncc[nH]2)ccc1N. The Bertz CT molecular complexity index is 442. The number of hydrogen-bond donors (Lipinski definition) is 2. The van der Waals surface area contributed by atoms with E-state index in [9.17, 15) is 0 Å². The van der Waals surface area contributed by atoms with E-state index in [1.54, 1.807) is 19.5 Å². The van der Waals surface area contributed by atoms with Gasteiger partial charge >= 0.3 is 0 Å². The first-order chi connectivity index (χ1) is 7.29. The number of methoxy groups -OCH3 is 1. The Morgan fingerprint density at radius 1 is 1.47 bits per heavy atom. The highest BCUT2D eigenvalue weighted by molar-refractivity contribution is 7.99. The van der Waals surface area contributed by atoms with Gasteiger partial charge in [-0.1, -0.05) is 11.8 Å². The Labute approximate surface area is 91.9 Å². The summed E-state index contributed by atoms with van der Waals surface area (Å²) in [5.74, 6) is 0.687. The van der Waals surface area contributed by atoms with Crippen LogP contribution in [0.1, 0.15) is 0 Å². The third-order valence-electron chi connectivity index (χ3n) is 1.89. The molecule has 5 heteroatoms. The van der Waals surface area contributed by atoms with Gasteiger partial charge in [0.1, 0.15) is 5.75 Å². The van der Waals surface area contributed by atoms with Crippen LogP contribution in [0.2, 0.25) is 0 Å². The molecule has 0 bridgehead atoms. The van der Waals surface area contributed by atoms with E-state index in [2.05, 4.69) is 9.97 Å². The minimum absolute atomic E-state index is 0.640. The topological polar surface area (TPSA) is 63.9 Å². The Morgan fingerprint density at radius 2 is 2.33 bits per heavy atom. The summed E-state index contributed by atoms with van der Waals surface area (Å²) in [4.78, 5) is 8.18. The molecule has 0 aliphatic heterocycles. The number of anilines is 1. The van der Waals surface area contributed by atoms with Gasteiger partial charge in [-0.25, -0.2) is 4.98 Å². The molecule has 1 aromatic carbocycles. The summed E-state index contributed by atoms with van der Waals surface area (Å²) in [5.41, 5.74) is 6.36. The van der Waals surface area contributed by atoms with Crippen LogP contribution in [0.3, 0.4) is 0 Å². The van der Waals surface area contributed by atoms with Crippen LogP contribution in [0.5, 0.6) is 5.75 Å². The van der Waals surface area contributed by atoms with Crippen LogP contribution in [-0.2, 0) is 0 Å². The van der Waals surface area contributed by atoms with Gasteiger partial charge in [0.15, 0.2) is 5.16 Å². The van der Waals surface area contributed by atoms with Crippen molar-refractivity contribution >= 4 is 17.4 Å². The summed E-state index contributed by atoms with van der Waals surface area (Å²) in [7, 11) is 1.60. The van der Waals surface area contributed by atoms with Gasteiger partial charge in [0.2, 0.25) is 0 Å². The monoisotopic (exact) mass is 221 g/mol. The molecule has 15 heavy (non-hydrogen) atoms. The van der Waals surface area contributed by atoms with E-state index < -0.39 is 0 Å². The average molecular weight is 221 g/mol. The molecule has 78 valence electrons. The minimum atomic E-state index is 0.640. The summed E-state index contributed by atoms with van der Waals surface area (Å²) in [6.07, 6.45) is 3.51. The lowest BCUT2D eigenvalue weighted by atomic mass is 10.3. The summed E-state index contributed by atoms with van der Waals surface area (Å²) in [6.45, 7) is 0. The number of nitrogens with two attached hydrogens (primary N) is 1. The number of aromatic nitrogens is 2. The molecule has 4 nitrogen and oxygen atoms in total. The van der Waals surface area contributed by atoms with Crippen molar-refractivity contribution in [1.82, 2.24) is 9.97 Å². The van der Waals surface area contributed by atoms with Crippen LogP contribution in [0.15, 0.2) is 40.6 Å². The fraction of sp³-hybridized carbons (Fsp3) is 0.100. The average Bonchev–Trinajstić information content (AvgIpc) is 2.73. The highest BCUT2D eigenvalue weighted by Gasteiger charge is 2.03. The highest BCUT2D eigenvalue weighted by Crippen LogP contribution is 2.30. The Hall–Kier alpha value is -1.62. The van der Waals surface area contributed by atoms with Gasteiger partial charge in [0, 0.05) is 17.3 Å². The highest BCUT2D eigenvalue weighted by atomic mass is 32.2. The fourth-order valence-corrected chi connectivity index (χ4v) is 1.94. The lowest BCUT2D eigenvalue weighted by molar-refractivity contribution is 0.416. The van der Waals surface area contributed by atoms with Gasteiger partial charge in [-0.2, -0.15) is 0 Å². The summed E-state index contributed by atoms with van der Waals surface area (Å²) in [6, 6.07) is 5.65. The number of benzene rings is 1. The van der Waals surface area contributed by atoms with E-state index in [0.29, 0.717) is 11.4 Å². The molecule has 3 N–H and O–H groups in total. The van der Waals surface area contributed by atoms with Crippen molar-refractivity contribution in [3.05, 3.63) is 30.6 Å². The van der Waals surface area contributed by atoms with Crippen molar-refractivity contribution in [2.75, 3.05) is 12.8 Å². The largest absolute Gasteiger partial charge is 0.495 e. The smallest absolute Gasteiger partial charge is 0.170 e. The number of ether oxygens (including phenoxy) is 1. The lowest BCUT2D eigenvalue weighted by Crippen LogP contribution is -1.91. The Balaban J connectivity index is 2.22. The number of hydrogen-bond acceptors (Lipinski definition) is 4. The summed E-state index contributed by atoms with van der Waals surface area (Å²) >= 11 is 1.53. The molecule has 1 heterocycles. The fourth-order valence-electron chi connectivity index (χ4n) is 1.17. The molecule has 0 saturated carbocycles. The van der Waals surface area contributed by atoms with Crippen LogP contribution < -0.4 is 10.5 Å². The second-order valence-corrected chi connectivity index (χ2v) is 3.96. The molecule has 1 aromatic heterocycles. The van der Waals surface area contributed by atoms with E-state index in [1.165, 1.54) is 11.8 Å². The molecule has 0 aliphatic rings. The number of nitrogens with one attached hydrogen (secondary N) is 1. The van der Waals surface area contributed by atoms with E-state index in [4.69, 9.17) is 10.5 Å². The number of H-pyrrole nitrogens is 1. The molecule has 0 fully saturated rings. The zero-order valence-electron chi connectivity index (χ0n) is 8.23.